The number of fused-ring (bicyclic) bond motifs is 9. The molecule has 0 saturated heterocycles. The molecule has 9 rings (SSSR count). The molecule has 0 aliphatic heterocycles. The molecule has 0 N–H and O–H groups in total. The standard InChI is InChI=1S/C35H20N6O/c1-3-9-21(10-4-1)33-38-34(22-11-5-2-6-12-22)40-35(39-33)41-30-24(17-18-28-27(30)19-36-20-37-28)25-15-16-26-23-13-7-8-14-29(23)42-32(26)31(25)41/h1-20H. The number of rotatable bonds is 3. The number of hydrogen-bond donors (Lipinski definition) is 0. The third kappa shape index (κ3) is 3.31. The van der Waals surface area contributed by atoms with Gasteiger partial charge in [-0.1, -0.05) is 84.9 Å². The molecule has 7 heteroatoms. The molecule has 4 heterocycles. The van der Waals surface area contributed by atoms with Crippen LogP contribution in [0.5, 0.6) is 0 Å². The first kappa shape index (κ1) is 22.8. The fraction of sp³-hybridized carbons (Fsp3) is 0. The van der Waals surface area contributed by atoms with Crippen molar-refractivity contribution < 1.29 is 4.42 Å². The number of benzene rings is 5. The van der Waals surface area contributed by atoms with Crippen molar-refractivity contribution in [1.29, 1.82) is 0 Å². The Morgan fingerprint density at radius 2 is 1.17 bits per heavy atom. The third-order valence-corrected chi connectivity index (χ3v) is 7.81. The molecule has 0 aliphatic rings. The molecule has 0 aliphatic carbocycles. The second kappa shape index (κ2) is 8.78. The lowest BCUT2D eigenvalue weighted by molar-refractivity contribution is 0.670. The fourth-order valence-corrected chi connectivity index (χ4v) is 5.92. The van der Waals surface area contributed by atoms with Crippen LogP contribution in [0.2, 0.25) is 0 Å². The minimum atomic E-state index is 0.493. The lowest BCUT2D eigenvalue weighted by Crippen LogP contribution is -2.06. The van der Waals surface area contributed by atoms with Gasteiger partial charge in [-0.25, -0.2) is 15.0 Å². The number of aromatic nitrogens is 6. The van der Waals surface area contributed by atoms with Crippen LogP contribution in [0.25, 0.3) is 83.4 Å². The summed E-state index contributed by atoms with van der Waals surface area (Å²) < 4.78 is 8.67. The number of para-hydroxylation sites is 1. The number of furan rings is 1. The van der Waals surface area contributed by atoms with Crippen molar-refractivity contribution in [3.63, 3.8) is 0 Å². The molecule has 7 nitrogen and oxygen atoms in total. The maximum Gasteiger partial charge on any atom is 0.238 e. The van der Waals surface area contributed by atoms with E-state index < -0.39 is 0 Å². The summed E-state index contributed by atoms with van der Waals surface area (Å²) in [5, 5.41) is 5.06. The predicted octanol–water partition coefficient (Wildman–Crippen LogP) is 8.15. The zero-order chi connectivity index (χ0) is 27.6. The first-order valence-electron chi connectivity index (χ1n) is 13.7. The van der Waals surface area contributed by atoms with Gasteiger partial charge in [0, 0.05) is 44.3 Å². The van der Waals surface area contributed by atoms with Crippen LogP contribution in [0.15, 0.2) is 126 Å². The summed E-state index contributed by atoms with van der Waals surface area (Å²) in [5.41, 5.74) is 6.05. The molecular formula is C35H20N6O. The highest BCUT2D eigenvalue weighted by molar-refractivity contribution is 6.24. The molecule has 42 heavy (non-hydrogen) atoms. The first-order chi connectivity index (χ1) is 20.8. The monoisotopic (exact) mass is 540 g/mol. The Hall–Kier alpha value is -5.95. The van der Waals surface area contributed by atoms with E-state index in [1.54, 1.807) is 6.33 Å². The van der Waals surface area contributed by atoms with Crippen LogP contribution >= 0.6 is 0 Å². The largest absolute Gasteiger partial charge is 0.454 e. The number of nitrogens with zero attached hydrogens (tertiary/aromatic N) is 6. The summed E-state index contributed by atoms with van der Waals surface area (Å²) in [6, 6.07) is 36.5. The molecule has 9 aromatic rings. The average Bonchev–Trinajstić information content (AvgIpc) is 3.62. The summed E-state index contributed by atoms with van der Waals surface area (Å²) in [6.07, 6.45) is 3.43. The van der Waals surface area contributed by atoms with Gasteiger partial charge in [0.2, 0.25) is 5.95 Å². The molecular weight excluding hydrogens is 520 g/mol. The molecule has 0 bridgehead atoms. The van der Waals surface area contributed by atoms with Gasteiger partial charge in [-0.15, -0.1) is 0 Å². The van der Waals surface area contributed by atoms with Crippen LogP contribution in [-0.4, -0.2) is 29.5 Å². The summed E-state index contributed by atoms with van der Waals surface area (Å²) in [6.45, 7) is 0. The van der Waals surface area contributed by atoms with Crippen LogP contribution in [0.3, 0.4) is 0 Å². The molecule has 5 aromatic carbocycles. The average molecular weight is 541 g/mol. The van der Waals surface area contributed by atoms with Gasteiger partial charge in [0.15, 0.2) is 17.2 Å². The molecule has 0 saturated carbocycles. The lowest BCUT2D eigenvalue weighted by atomic mass is 10.1. The quantitative estimate of drug-likeness (QED) is 0.225. The SMILES string of the molecule is c1ccc(-c2nc(-c3ccccc3)nc(-n3c4c5cncnc5ccc4c4ccc5c6ccccc6oc5c43)n2)cc1. The highest BCUT2D eigenvalue weighted by atomic mass is 16.3. The summed E-state index contributed by atoms with van der Waals surface area (Å²) in [5.74, 6) is 1.66. The molecule has 196 valence electrons. The van der Waals surface area contributed by atoms with Crippen molar-refractivity contribution in [1.82, 2.24) is 29.5 Å². The van der Waals surface area contributed by atoms with E-state index in [2.05, 4.69) is 38.8 Å². The van der Waals surface area contributed by atoms with E-state index in [9.17, 15) is 0 Å². The van der Waals surface area contributed by atoms with Crippen LogP contribution in [0, 0.1) is 0 Å². The highest BCUT2D eigenvalue weighted by Gasteiger charge is 2.23. The Labute approximate surface area is 238 Å². The van der Waals surface area contributed by atoms with Crippen LogP contribution in [0.1, 0.15) is 0 Å². The van der Waals surface area contributed by atoms with E-state index >= 15 is 0 Å². The van der Waals surface area contributed by atoms with Crippen LogP contribution < -0.4 is 0 Å². The van der Waals surface area contributed by atoms with E-state index in [1.165, 1.54) is 0 Å². The van der Waals surface area contributed by atoms with Crippen molar-refractivity contribution in [2.45, 2.75) is 0 Å². The van der Waals surface area contributed by atoms with E-state index in [0.29, 0.717) is 17.6 Å². The molecule has 0 radical (unpaired) electrons. The Bertz CT molecular complexity index is 2410. The van der Waals surface area contributed by atoms with E-state index in [-0.39, 0.29) is 0 Å². The van der Waals surface area contributed by atoms with Gasteiger partial charge in [0.1, 0.15) is 17.4 Å². The first-order valence-corrected chi connectivity index (χ1v) is 13.7. The Morgan fingerprint density at radius 1 is 0.524 bits per heavy atom. The van der Waals surface area contributed by atoms with Gasteiger partial charge in [0.25, 0.3) is 0 Å². The van der Waals surface area contributed by atoms with Crippen molar-refractivity contribution in [3.8, 4) is 28.7 Å². The molecule has 0 amide bonds. The van der Waals surface area contributed by atoms with Crippen LogP contribution in [0.4, 0.5) is 0 Å². The third-order valence-electron chi connectivity index (χ3n) is 7.81. The van der Waals surface area contributed by atoms with Gasteiger partial charge in [-0.3, -0.25) is 4.57 Å². The van der Waals surface area contributed by atoms with E-state index in [0.717, 1.165) is 65.8 Å². The second-order valence-corrected chi connectivity index (χ2v) is 10.2. The van der Waals surface area contributed by atoms with Gasteiger partial charge in [-0.2, -0.15) is 9.97 Å². The van der Waals surface area contributed by atoms with Crippen molar-refractivity contribution in [2.24, 2.45) is 0 Å². The van der Waals surface area contributed by atoms with Gasteiger partial charge in [-0.05, 0) is 24.3 Å². The highest BCUT2D eigenvalue weighted by Crippen LogP contribution is 2.41. The Kier molecular flexibility index (Phi) is 4.77. The Balaban J connectivity index is 1.49. The normalized spacial score (nSPS) is 11.8. The Morgan fingerprint density at radius 3 is 1.93 bits per heavy atom. The summed E-state index contributed by atoms with van der Waals surface area (Å²) in [7, 11) is 0. The topological polar surface area (TPSA) is 82.5 Å². The minimum Gasteiger partial charge on any atom is -0.454 e. The minimum absolute atomic E-state index is 0.493. The van der Waals surface area contributed by atoms with Gasteiger partial charge >= 0.3 is 0 Å². The molecule has 0 fully saturated rings. The molecule has 0 unspecified atom stereocenters. The van der Waals surface area contributed by atoms with Crippen molar-refractivity contribution in [3.05, 3.63) is 122 Å². The van der Waals surface area contributed by atoms with Crippen molar-refractivity contribution >= 4 is 54.6 Å². The van der Waals surface area contributed by atoms with Gasteiger partial charge in [0.05, 0.1) is 11.0 Å². The van der Waals surface area contributed by atoms with Gasteiger partial charge < -0.3 is 4.42 Å². The van der Waals surface area contributed by atoms with E-state index in [1.807, 2.05) is 91.1 Å². The molecule has 4 aromatic heterocycles. The fourth-order valence-electron chi connectivity index (χ4n) is 5.92. The zero-order valence-corrected chi connectivity index (χ0v) is 22.1. The maximum absolute atomic E-state index is 6.58. The summed E-state index contributed by atoms with van der Waals surface area (Å²) in [4.78, 5) is 24.1. The predicted molar refractivity (Wildman–Crippen MR) is 165 cm³/mol. The molecule has 0 spiro atoms. The molecule has 0 atom stereocenters. The van der Waals surface area contributed by atoms with Crippen molar-refractivity contribution in [2.75, 3.05) is 0 Å². The number of hydrogen-bond acceptors (Lipinski definition) is 6. The van der Waals surface area contributed by atoms with E-state index in [4.69, 9.17) is 19.4 Å². The maximum atomic E-state index is 6.58. The smallest absolute Gasteiger partial charge is 0.238 e. The summed E-state index contributed by atoms with van der Waals surface area (Å²) >= 11 is 0. The second-order valence-electron chi connectivity index (χ2n) is 10.2. The zero-order valence-electron chi connectivity index (χ0n) is 22.1. The lowest BCUT2D eigenvalue weighted by Gasteiger charge is -2.11. The van der Waals surface area contributed by atoms with Crippen LogP contribution in [-0.2, 0) is 0 Å².